The molecule has 0 bridgehead atoms. The summed E-state index contributed by atoms with van der Waals surface area (Å²) in [6.45, 7) is 4.80. The lowest BCUT2D eigenvalue weighted by molar-refractivity contribution is -0.228. The first-order chi connectivity index (χ1) is 15.4. The van der Waals surface area contributed by atoms with Gasteiger partial charge in [0.05, 0.1) is 0 Å². The predicted octanol–water partition coefficient (Wildman–Crippen LogP) is 6.26. The van der Waals surface area contributed by atoms with Crippen molar-refractivity contribution in [3.8, 4) is 0 Å². The van der Waals surface area contributed by atoms with Gasteiger partial charge in [0.15, 0.2) is 0 Å². The molecule has 7 heteroatoms. The number of rotatable bonds is 4. The van der Waals surface area contributed by atoms with Crippen molar-refractivity contribution in [1.29, 1.82) is 0 Å². The molecule has 1 aliphatic carbocycles. The quantitative estimate of drug-likeness (QED) is 0.489. The van der Waals surface area contributed by atoms with Crippen LogP contribution in [0.5, 0.6) is 0 Å². The maximum Gasteiger partial charge on any atom is 0.426 e. The molecule has 2 aromatic carbocycles. The molecule has 1 unspecified atom stereocenters. The molecule has 1 heterocycles. The second kappa shape index (κ2) is 8.10. The highest BCUT2D eigenvalue weighted by atomic mass is 19.4. The van der Waals surface area contributed by atoms with Crippen LogP contribution < -0.4 is 0 Å². The number of carbonyl (C=O) groups is 1. The van der Waals surface area contributed by atoms with Crippen molar-refractivity contribution < 1.29 is 26.7 Å². The Kier molecular flexibility index (Phi) is 5.82. The van der Waals surface area contributed by atoms with Crippen molar-refractivity contribution in [2.24, 2.45) is 5.92 Å². The fourth-order valence-corrected chi connectivity index (χ4v) is 5.58. The summed E-state index contributed by atoms with van der Waals surface area (Å²) in [5.74, 6) is -0.470. The van der Waals surface area contributed by atoms with Gasteiger partial charge in [0.25, 0.3) is 0 Å². The van der Waals surface area contributed by atoms with Crippen molar-refractivity contribution in [1.82, 2.24) is 4.90 Å². The minimum atomic E-state index is -5.02. The van der Waals surface area contributed by atoms with E-state index in [0.29, 0.717) is 44.7 Å². The van der Waals surface area contributed by atoms with Gasteiger partial charge in [-0.15, -0.1) is 0 Å². The van der Waals surface area contributed by atoms with Gasteiger partial charge in [-0.25, -0.2) is 8.78 Å². The van der Waals surface area contributed by atoms with E-state index in [2.05, 4.69) is 0 Å². The summed E-state index contributed by atoms with van der Waals surface area (Å²) in [5, 5.41) is 0. The molecule has 1 aliphatic heterocycles. The van der Waals surface area contributed by atoms with Crippen LogP contribution in [0.25, 0.3) is 0 Å². The van der Waals surface area contributed by atoms with Gasteiger partial charge in [-0.05, 0) is 67.0 Å². The number of fused-ring (bicyclic) bond motifs is 3. The van der Waals surface area contributed by atoms with E-state index in [4.69, 9.17) is 0 Å². The fraction of sp³-hybridized carbons (Fsp3) is 0.500. The molecule has 1 amide bonds. The number of hydrogen-bond donors (Lipinski definition) is 0. The summed E-state index contributed by atoms with van der Waals surface area (Å²) < 4.78 is 68.2. The van der Waals surface area contributed by atoms with Crippen molar-refractivity contribution in [3.63, 3.8) is 0 Å². The Morgan fingerprint density at radius 2 is 1.79 bits per heavy atom. The lowest BCUT2D eigenvalue weighted by Crippen LogP contribution is -2.50. The Bertz CT molecular complexity index is 1040. The maximum absolute atomic E-state index is 14.7. The van der Waals surface area contributed by atoms with E-state index >= 15 is 0 Å². The average Bonchev–Trinajstić information content (AvgIpc) is 3.12. The van der Waals surface area contributed by atoms with Gasteiger partial charge in [-0.3, -0.25) is 4.79 Å². The number of likely N-dealkylation sites (tertiary alicyclic amines) is 1. The van der Waals surface area contributed by atoms with Crippen LogP contribution in [0.2, 0.25) is 0 Å². The molecule has 1 saturated heterocycles. The zero-order chi connectivity index (χ0) is 24.2. The van der Waals surface area contributed by atoms with Crippen molar-refractivity contribution >= 4 is 5.91 Å². The van der Waals surface area contributed by atoms with E-state index in [-0.39, 0.29) is 23.7 Å². The van der Waals surface area contributed by atoms with Gasteiger partial charge in [0, 0.05) is 23.9 Å². The first kappa shape index (κ1) is 23.7. The number of nitrogens with zero attached hydrogens (tertiary/aromatic N) is 1. The van der Waals surface area contributed by atoms with Gasteiger partial charge in [0.2, 0.25) is 11.6 Å². The van der Waals surface area contributed by atoms with Crippen molar-refractivity contribution in [2.45, 2.75) is 69.8 Å². The summed E-state index contributed by atoms with van der Waals surface area (Å²) in [6.07, 6.45) is -2.79. The Morgan fingerprint density at radius 1 is 1.12 bits per heavy atom. The van der Waals surface area contributed by atoms with Gasteiger partial charge < -0.3 is 4.90 Å². The molecule has 0 radical (unpaired) electrons. The largest absolute Gasteiger partial charge is 0.426 e. The molecule has 33 heavy (non-hydrogen) atoms. The molecule has 178 valence electrons. The minimum absolute atomic E-state index is 0.0504. The molecule has 4 rings (SSSR count). The maximum atomic E-state index is 14.7. The van der Waals surface area contributed by atoms with Gasteiger partial charge >= 0.3 is 6.18 Å². The third-order valence-corrected chi connectivity index (χ3v) is 7.43. The Morgan fingerprint density at radius 3 is 2.39 bits per heavy atom. The van der Waals surface area contributed by atoms with Gasteiger partial charge in [-0.1, -0.05) is 44.2 Å². The zero-order valence-corrected chi connectivity index (χ0v) is 19.0. The molecule has 0 aromatic heterocycles. The number of carbonyl (C=O) groups excluding carboxylic acids is 1. The highest BCUT2D eigenvalue weighted by molar-refractivity contribution is 5.79. The second-order valence-electron chi connectivity index (χ2n) is 9.82. The molecular weight excluding hydrogens is 437 g/mol. The van der Waals surface area contributed by atoms with Crippen LogP contribution in [0.3, 0.4) is 0 Å². The number of halogens is 5. The molecule has 3 atom stereocenters. The SMILES string of the molecule is CC(C)C(=O)N1CC[C@@]2(Cc3ccc(F)cc3)c3ccc(C(C)(F)C(F)(F)F)cc3CC[C@@H]12. The highest BCUT2D eigenvalue weighted by Crippen LogP contribution is 2.51. The third kappa shape index (κ3) is 3.93. The zero-order valence-electron chi connectivity index (χ0n) is 19.0. The lowest BCUT2D eigenvalue weighted by Gasteiger charge is -2.44. The van der Waals surface area contributed by atoms with Crippen LogP contribution in [0.1, 0.15) is 55.9 Å². The van der Waals surface area contributed by atoms with E-state index in [1.165, 1.54) is 24.3 Å². The highest BCUT2D eigenvalue weighted by Gasteiger charge is 2.55. The summed E-state index contributed by atoms with van der Waals surface area (Å²) >= 11 is 0. The normalized spacial score (nSPS) is 24.4. The number of amides is 1. The van der Waals surface area contributed by atoms with Crippen LogP contribution in [0.4, 0.5) is 22.0 Å². The molecule has 0 saturated carbocycles. The van der Waals surface area contributed by atoms with Crippen LogP contribution in [-0.4, -0.2) is 29.6 Å². The number of alkyl halides is 4. The first-order valence-electron chi connectivity index (χ1n) is 11.3. The van der Waals surface area contributed by atoms with E-state index in [9.17, 15) is 26.7 Å². The van der Waals surface area contributed by atoms with Crippen LogP contribution >= 0.6 is 0 Å². The number of benzene rings is 2. The summed E-state index contributed by atoms with van der Waals surface area (Å²) in [6, 6.07) is 10.3. The Balaban J connectivity index is 1.81. The third-order valence-electron chi connectivity index (χ3n) is 7.43. The van der Waals surface area contributed by atoms with Crippen molar-refractivity contribution in [3.05, 3.63) is 70.5 Å². The molecule has 2 nitrogen and oxygen atoms in total. The van der Waals surface area contributed by atoms with Gasteiger partial charge in [-0.2, -0.15) is 13.2 Å². The molecule has 2 aromatic rings. The molecular formula is C26H28F5NO. The summed E-state index contributed by atoms with van der Waals surface area (Å²) in [4.78, 5) is 14.9. The number of aryl methyl sites for hydroxylation is 1. The molecule has 0 N–H and O–H groups in total. The number of hydrogen-bond acceptors (Lipinski definition) is 1. The average molecular weight is 466 g/mol. The Labute approximate surface area is 190 Å². The van der Waals surface area contributed by atoms with E-state index in [1.54, 1.807) is 18.2 Å². The Hall–Kier alpha value is -2.44. The van der Waals surface area contributed by atoms with E-state index in [0.717, 1.165) is 11.1 Å². The lowest BCUT2D eigenvalue weighted by atomic mass is 9.63. The monoisotopic (exact) mass is 465 g/mol. The van der Waals surface area contributed by atoms with E-state index in [1.807, 2.05) is 18.7 Å². The molecule has 1 fully saturated rings. The predicted molar refractivity (Wildman–Crippen MR) is 116 cm³/mol. The smallest absolute Gasteiger partial charge is 0.339 e. The summed E-state index contributed by atoms with van der Waals surface area (Å²) in [7, 11) is 0. The fourth-order valence-electron chi connectivity index (χ4n) is 5.58. The van der Waals surface area contributed by atoms with Crippen LogP contribution in [0, 0.1) is 11.7 Å². The first-order valence-corrected chi connectivity index (χ1v) is 11.3. The molecule has 2 aliphatic rings. The standard InChI is InChI=1S/C26H28F5NO/c1-16(2)23(33)32-13-12-25(15-17-4-8-20(27)9-5-17)21-10-7-19(24(3,28)26(29,30)31)14-18(21)6-11-22(25)32/h4-5,7-10,14,16,22H,6,11-13,15H2,1-3H3/t22-,24?,25-/m1/s1. The van der Waals surface area contributed by atoms with Gasteiger partial charge in [0.1, 0.15) is 5.82 Å². The summed E-state index contributed by atoms with van der Waals surface area (Å²) in [5.41, 5.74) is -1.92. The van der Waals surface area contributed by atoms with Crippen LogP contribution in [0.15, 0.2) is 42.5 Å². The van der Waals surface area contributed by atoms with E-state index < -0.39 is 22.8 Å². The van der Waals surface area contributed by atoms with Crippen LogP contribution in [-0.2, 0) is 28.7 Å². The van der Waals surface area contributed by atoms with Crippen molar-refractivity contribution in [2.75, 3.05) is 6.54 Å². The molecule has 0 spiro atoms. The minimum Gasteiger partial charge on any atom is -0.339 e. The second-order valence-corrected chi connectivity index (χ2v) is 9.82. The topological polar surface area (TPSA) is 20.3 Å².